The maximum atomic E-state index is 12.9. The van der Waals surface area contributed by atoms with Crippen molar-refractivity contribution >= 4 is 5.91 Å². The number of likely N-dealkylation sites (N-methyl/N-ethyl adjacent to an activating group) is 1. The molecule has 1 aromatic carbocycles. The van der Waals surface area contributed by atoms with Gasteiger partial charge in [-0.2, -0.15) is 0 Å². The van der Waals surface area contributed by atoms with Gasteiger partial charge < -0.3 is 4.90 Å². The number of nitrogens with zero attached hydrogens (tertiary/aromatic N) is 4. The molecule has 0 fully saturated rings. The first-order valence-corrected chi connectivity index (χ1v) is 8.30. The summed E-state index contributed by atoms with van der Waals surface area (Å²) in [6.07, 6.45) is 0.805. The third-order valence-corrected chi connectivity index (χ3v) is 4.36. The van der Waals surface area contributed by atoms with Crippen molar-refractivity contribution in [1.29, 1.82) is 0 Å². The van der Waals surface area contributed by atoms with Gasteiger partial charge in [0.2, 0.25) is 5.91 Å². The van der Waals surface area contributed by atoms with E-state index in [-0.39, 0.29) is 11.9 Å². The monoisotopic (exact) mass is 312 g/mol. The predicted molar refractivity (Wildman–Crippen MR) is 89.8 cm³/mol. The Morgan fingerprint density at radius 1 is 1.30 bits per heavy atom. The Labute approximate surface area is 137 Å². The van der Waals surface area contributed by atoms with Gasteiger partial charge in [0.1, 0.15) is 6.04 Å². The highest BCUT2D eigenvalue weighted by molar-refractivity contribution is 5.82. The number of fused-ring (bicyclic) bond motifs is 1. The minimum atomic E-state index is -0.204. The van der Waals surface area contributed by atoms with E-state index in [0.29, 0.717) is 19.0 Å². The van der Waals surface area contributed by atoms with E-state index >= 15 is 0 Å². The van der Waals surface area contributed by atoms with Crippen molar-refractivity contribution in [1.82, 2.24) is 19.7 Å². The molecule has 0 unspecified atom stereocenters. The molecule has 0 N–H and O–H groups in total. The van der Waals surface area contributed by atoms with Crippen molar-refractivity contribution in [3.8, 4) is 11.4 Å². The Hall–Kier alpha value is -2.17. The molecule has 5 nitrogen and oxygen atoms in total. The summed E-state index contributed by atoms with van der Waals surface area (Å²) in [5.41, 5.74) is 2.20. The third kappa shape index (κ3) is 2.87. The van der Waals surface area contributed by atoms with Crippen molar-refractivity contribution in [2.45, 2.75) is 46.7 Å². The van der Waals surface area contributed by atoms with Gasteiger partial charge in [-0.15, -0.1) is 10.2 Å². The minimum absolute atomic E-state index is 0.183. The average Bonchev–Trinajstić information content (AvgIpc) is 2.93. The lowest BCUT2D eigenvalue weighted by Gasteiger charge is -2.34. The van der Waals surface area contributed by atoms with Crippen molar-refractivity contribution in [3.63, 3.8) is 0 Å². The van der Waals surface area contributed by atoms with E-state index < -0.39 is 0 Å². The highest BCUT2D eigenvalue weighted by atomic mass is 16.2. The summed E-state index contributed by atoms with van der Waals surface area (Å²) in [4.78, 5) is 14.7. The molecule has 2 aromatic rings. The molecule has 0 bridgehead atoms. The van der Waals surface area contributed by atoms with Gasteiger partial charge in [-0.1, -0.05) is 37.6 Å². The van der Waals surface area contributed by atoms with E-state index in [1.54, 1.807) is 0 Å². The smallest absolute Gasteiger partial charge is 0.246 e. The van der Waals surface area contributed by atoms with E-state index in [4.69, 9.17) is 0 Å². The van der Waals surface area contributed by atoms with Crippen molar-refractivity contribution in [2.75, 3.05) is 6.54 Å². The van der Waals surface area contributed by atoms with Crippen LogP contribution in [0.1, 0.15) is 44.6 Å². The van der Waals surface area contributed by atoms with E-state index in [1.165, 1.54) is 5.56 Å². The van der Waals surface area contributed by atoms with Crippen LogP contribution in [0.15, 0.2) is 24.3 Å². The fraction of sp³-hybridized carbons (Fsp3) is 0.500. The lowest BCUT2D eigenvalue weighted by molar-refractivity contribution is -0.137. The Bertz CT molecular complexity index is 720. The zero-order valence-electron chi connectivity index (χ0n) is 14.3. The first-order valence-electron chi connectivity index (χ1n) is 8.30. The van der Waals surface area contributed by atoms with Crippen LogP contribution in [-0.2, 0) is 11.3 Å². The summed E-state index contributed by atoms with van der Waals surface area (Å²) in [7, 11) is 0. The number of aromatic nitrogens is 3. The van der Waals surface area contributed by atoms with Crippen LogP contribution >= 0.6 is 0 Å². The van der Waals surface area contributed by atoms with Gasteiger partial charge in [0.25, 0.3) is 0 Å². The van der Waals surface area contributed by atoms with E-state index in [9.17, 15) is 4.79 Å². The molecular formula is C18H24N4O. The number of benzene rings is 1. The summed E-state index contributed by atoms with van der Waals surface area (Å²) < 4.78 is 2.06. The summed E-state index contributed by atoms with van der Waals surface area (Å²) in [5, 5.41) is 8.78. The number of aryl methyl sites for hydroxylation is 1. The number of carbonyl (C=O) groups excluding carboxylic acids is 1. The average molecular weight is 312 g/mol. The molecule has 1 amide bonds. The Morgan fingerprint density at radius 2 is 2.09 bits per heavy atom. The lowest BCUT2D eigenvalue weighted by Crippen LogP contribution is -2.43. The number of amides is 1. The SMILES string of the molecule is CCN1Cc2nnc(-c3cccc(C)c3)n2[C@@H](CC(C)C)C1=O. The Kier molecular flexibility index (Phi) is 4.20. The summed E-state index contributed by atoms with van der Waals surface area (Å²) >= 11 is 0. The van der Waals surface area contributed by atoms with E-state index in [0.717, 1.165) is 23.6 Å². The number of carbonyl (C=O) groups is 1. The van der Waals surface area contributed by atoms with E-state index in [1.807, 2.05) is 24.0 Å². The van der Waals surface area contributed by atoms with Crippen LogP contribution < -0.4 is 0 Å². The molecule has 0 spiro atoms. The van der Waals surface area contributed by atoms with Gasteiger partial charge in [-0.3, -0.25) is 9.36 Å². The molecule has 2 heterocycles. The van der Waals surface area contributed by atoms with Crippen LogP contribution in [0.25, 0.3) is 11.4 Å². The van der Waals surface area contributed by atoms with Crippen molar-refractivity contribution < 1.29 is 4.79 Å². The molecule has 122 valence electrons. The molecule has 23 heavy (non-hydrogen) atoms. The first kappa shape index (κ1) is 15.7. The zero-order chi connectivity index (χ0) is 16.6. The van der Waals surface area contributed by atoms with Crippen molar-refractivity contribution in [2.24, 2.45) is 5.92 Å². The molecule has 0 saturated carbocycles. The van der Waals surface area contributed by atoms with Crippen LogP contribution in [0.3, 0.4) is 0 Å². The fourth-order valence-corrected chi connectivity index (χ4v) is 3.23. The second-order valence-electron chi connectivity index (χ2n) is 6.68. The Balaban J connectivity index is 2.10. The molecule has 3 rings (SSSR count). The van der Waals surface area contributed by atoms with Crippen LogP contribution in [-0.4, -0.2) is 32.1 Å². The third-order valence-electron chi connectivity index (χ3n) is 4.36. The second kappa shape index (κ2) is 6.14. The van der Waals surface area contributed by atoms with Gasteiger partial charge in [0, 0.05) is 12.1 Å². The molecule has 0 radical (unpaired) electrons. The molecule has 5 heteroatoms. The van der Waals surface area contributed by atoms with Crippen LogP contribution in [0.4, 0.5) is 0 Å². The number of rotatable bonds is 4. The quantitative estimate of drug-likeness (QED) is 0.871. The predicted octanol–water partition coefficient (Wildman–Crippen LogP) is 3.20. The van der Waals surface area contributed by atoms with Gasteiger partial charge in [-0.25, -0.2) is 0 Å². The maximum Gasteiger partial charge on any atom is 0.246 e. The standard InChI is InChI=1S/C18H24N4O/c1-5-21-11-16-19-20-17(14-8-6-7-13(4)10-14)22(16)15(18(21)23)9-12(2)3/h6-8,10,12,15H,5,9,11H2,1-4H3/t15-/m0/s1. The molecule has 0 saturated heterocycles. The van der Waals surface area contributed by atoms with Gasteiger partial charge in [0.15, 0.2) is 11.6 Å². The first-order chi connectivity index (χ1) is 11.0. The van der Waals surface area contributed by atoms with Crippen LogP contribution in [0, 0.1) is 12.8 Å². The van der Waals surface area contributed by atoms with Gasteiger partial charge in [-0.05, 0) is 32.3 Å². The molecule has 1 atom stereocenters. The highest BCUT2D eigenvalue weighted by Crippen LogP contribution is 2.32. The molecular weight excluding hydrogens is 288 g/mol. The molecule has 1 aromatic heterocycles. The summed E-state index contributed by atoms with van der Waals surface area (Å²) in [5.74, 6) is 2.30. The molecule has 0 aliphatic carbocycles. The zero-order valence-corrected chi connectivity index (χ0v) is 14.3. The Morgan fingerprint density at radius 3 is 2.74 bits per heavy atom. The number of hydrogen-bond donors (Lipinski definition) is 0. The molecule has 1 aliphatic heterocycles. The topological polar surface area (TPSA) is 51.0 Å². The maximum absolute atomic E-state index is 12.9. The summed E-state index contributed by atoms with van der Waals surface area (Å²) in [6.45, 7) is 9.62. The fourth-order valence-electron chi connectivity index (χ4n) is 3.23. The largest absolute Gasteiger partial charge is 0.334 e. The number of hydrogen-bond acceptors (Lipinski definition) is 3. The van der Waals surface area contributed by atoms with Crippen molar-refractivity contribution in [3.05, 3.63) is 35.7 Å². The second-order valence-corrected chi connectivity index (χ2v) is 6.68. The normalized spacial score (nSPS) is 17.7. The van der Waals surface area contributed by atoms with Gasteiger partial charge in [0.05, 0.1) is 6.54 Å². The van der Waals surface area contributed by atoms with E-state index in [2.05, 4.69) is 47.7 Å². The highest BCUT2D eigenvalue weighted by Gasteiger charge is 2.35. The van der Waals surface area contributed by atoms with Gasteiger partial charge >= 0.3 is 0 Å². The van der Waals surface area contributed by atoms with Crippen LogP contribution in [0.2, 0.25) is 0 Å². The lowest BCUT2D eigenvalue weighted by atomic mass is 10.00. The summed E-state index contributed by atoms with van der Waals surface area (Å²) in [6, 6.07) is 8.01. The van der Waals surface area contributed by atoms with Crippen LogP contribution in [0.5, 0.6) is 0 Å². The molecule has 1 aliphatic rings. The minimum Gasteiger partial charge on any atom is -0.334 e.